The lowest BCUT2D eigenvalue weighted by atomic mass is 10.1. The van der Waals surface area contributed by atoms with Gasteiger partial charge in [-0.2, -0.15) is 0 Å². The molecule has 0 saturated carbocycles. The highest BCUT2D eigenvalue weighted by Gasteiger charge is 2.13. The molecule has 6 heteroatoms. The highest BCUT2D eigenvalue weighted by atomic mass is 16.5. The number of methoxy groups -OCH3 is 1. The first-order chi connectivity index (χ1) is 14.1. The summed E-state index contributed by atoms with van der Waals surface area (Å²) < 4.78 is 11.4. The molecule has 0 aliphatic carbocycles. The van der Waals surface area contributed by atoms with Gasteiger partial charge in [-0.15, -0.1) is 0 Å². The Hall–Kier alpha value is -3.67. The fraction of sp³-hybridized carbons (Fsp3) is 0.174. The van der Waals surface area contributed by atoms with E-state index in [2.05, 4.69) is 5.32 Å². The van der Waals surface area contributed by atoms with Crippen molar-refractivity contribution in [2.24, 2.45) is 5.73 Å². The maximum absolute atomic E-state index is 7.44. The average molecular weight is 390 g/mol. The summed E-state index contributed by atoms with van der Waals surface area (Å²) in [5.74, 6) is 1.25. The number of hydrogen-bond acceptors (Lipinski definition) is 5. The van der Waals surface area contributed by atoms with Gasteiger partial charge >= 0.3 is 0 Å². The molecule has 29 heavy (non-hydrogen) atoms. The first-order valence-corrected chi connectivity index (χ1v) is 9.39. The molecule has 3 aromatic rings. The Morgan fingerprint density at radius 3 is 2.38 bits per heavy atom. The van der Waals surface area contributed by atoms with E-state index in [1.807, 2.05) is 66.7 Å². The van der Waals surface area contributed by atoms with E-state index in [4.69, 9.17) is 26.4 Å². The van der Waals surface area contributed by atoms with Crippen LogP contribution >= 0.6 is 0 Å². The molecule has 150 valence electrons. The van der Waals surface area contributed by atoms with Crippen molar-refractivity contribution in [3.8, 4) is 11.5 Å². The molecule has 0 atom stereocenters. The van der Waals surface area contributed by atoms with Gasteiger partial charge < -0.3 is 26.3 Å². The largest absolute Gasteiger partial charge is 0.491 e. The molecule has 0 aliphatic rings. The van der Waals surface area contributed by atoms with E-state index in [9.17, 15) is 0 Å². The van der Waals surface area contributed by atoms with Crippen molar-refractivity contribution >= 4 is 17.2 Å². The summed E-state index contributed by atoms with van der Waals surface area (Å²) in [4.78, 5) is 0. The molecule has 0 heterocycles. The Morgan fingerprint density at radius 1 is 1.00 bits per heavy atom. The van der Waals surface area contributed by atoms with Gasteiger partial charge in [0, 0.05) is 17.8 Å². The van der Waals surface area contributed by atoms with Crippen LogP contribution in [-0.2, 0) is 13.0 Å². The average Bonchev–Trinajstić information content (AvgIpc) is 2.74. The second kappa shape index (κ2) is 9.50. The summed E-state index contributed by atoms with van der Waals surface area (Å²) in [7, 11) is 1.60. The van der Waals surface area contributed by atoms with Crippen LogP contribution in [0.5, 0.6) is 11.5 Å². The van der Waals surface area contributed by atoms with Crippen LogP contribution < -0.4 is 26.3 Å². The lowest BCUT2D eigenvalue weighted by Crippen LogP contribution is -2.11. The van der Waals surface area contributed by atoms with Crippen LogP contribution in [-0.4, -0.2) is 19.5 Å². The van der Waals surface area contributed by atoms with Gasteiger partial charge in [0.2, 0.25) is 0 Å². The fourth-order valence-corrected chi connectivity index (χ4v) is 3.01. The molecule has 0 bridgehead atoms. The SMILES string of the molecule is COc1c(OCc2ccccc2)ccc(CCNc2ccc(C(=N)N)cc2)c1N. The van der Waals surface area contributed by atoms with Gasteiger partial charge in [0.1, 0.15) is 12.4 Å². The van der Waals surface area contributed by atoms with Crippen LogP contribution in [0.3, 0.4) is 0 Å². The lowest BCUT2D eigenvalue weighted by molar-refractivity contribution is 0.285. The molecule has 3 aromatic carbocycles. The number of amidine groups is 1. The quantitative estimate of drug-likeness (QED) is 0.253. The standard InChI is InChI=1S/C23H26N4O2/c1-28-22-20(29-15-16-5-3-2-4-6-16)12-9-17(21(22)24)13-14-27-19-10-7-18(8-11-19)23(25)26/h2-12,27H,13-15,24H2,1H3,(H3,25,26). The molecule has 6 nitrogen and oxygen atoms in total. The van der Waals surface area contributed by atoms with Crippen LogP contribution in [0.2, 0.25) is 0 Å². The predicted molar refractivity (Wildman–Crippen MR) is 118 cm³/mol. The van der Waals surface area contributed by atoms with Crippen molar-refractivity contribution in [2.75, 3.05) is 24.7 Å². The second-order valence-corrected chi connectivity index (χ2v) is 6.61. The number of anilines is 2. The Bertz CT molecular complexity index is 957. The first kappa shape index (κ1) is 20.1. The number of nitrogen functional groups attached to an aromatic ring is 2. The third-order valence-corrected chi connectivity index (χ3v) is 4.61. The molecular formula is C23H26N4O2. The summed E-state index contributed by atoms with van der Waals surface area (Å²) in [6.07, 6.45) is 0.732. The van der Waals surface area contributed by atoms with Gasteiger partial charge in [-0.3, -0.25) is 5.41 Å². The molecule has 0 aliphatic heterocycles. The Balaban J connectivity index is 1.61. The summed E-state index contributed by atoms with van der Waals surface area (Å²) >= 11 is 0. The first-order valence-electron chi connectivity index (χ1n) is 9.39. The molecule has 0 unspecified atom stereocenters. The summed E-state index contributed by atoms with van der Waals surface area (Å²) in [5.41, 5.74) is 16.1. The van der Waals surface area contributed by atoms with Crippen LogP contribution in [0.15, 0.2) is 66.7 Å². The molecule has 0 spiro atoms. The van der Waals surface area contributed by atoms with E-state index in [0.717, 1.165) is 23.2 Å². The molecule has 0 aromatic heterocycles. The van der Waals surface area contributed by atoms with E-state index < -0.39 is 0 Å². The Labute approximate surface area is 171 Å². The van der Waals surface area contributed by atoms with Crippen molar-refractivity contribution in [1.29, 1.82) is 5.41 Å². The lowest BCUT2D eigenvalue weighted by Gasteiger charge is -2.16. The molecule has 0 amide bonds. The third kappa shape index (κ3) is 5.19. The number of rotatable bonds is 9. The maximum atomic E-state index is 7.44. The van der Waals surface area contributed by atoms with E-state index in [0.29, 0.717) is 35.9 Å². The van der Waals surface area contributed by atoms with Gasteiger partial charge in [-0.1, -0.05) is 36.4 Å². The van der Waals surface area contributed by atoms with Crippen molar-refractivity contribution in [1.82, 2.24) is 0 Å². The van der Waals surface area contributed by atoms with Gasteiger partial charge in [-0.25, -0.2) is 0 Å². The normalized spacial score (nSPS) is 10.4. The second-order valence-electron chi connectivity index (χ2n) is 6.61. The van der Waals surface area contributed by atoms with Crippen LogP contribution in [0.25, 0.3) is 0 Å². The minimum absolute atomic E-state index is 0.0611. The monoisotopic (exact) mass is 390 g/mol. The smallest absolute Gasteiger partial charge is 0.184 e. The van der Waals surface area contributed by atoms with E-state index >= 15 is 0 Å². The molecular weight excluding hydrogens is 364 g/mol. The highest BCUT2D eigenvalue weighted by Crippen LogP contribution is 2.36. The van der Waals surface area contributed by atoms with Gasteiger partial charge in [0.15, 0.2) is 11.5 Å². The molecule has 0 fully saturated rings. The van der Waals surface area contributed by atoms with E-state index in [-0.39, 0.29) is 5.84 Å². The minimum atomic E-state index is 0.0611. The van der Waals surface area contributed by atoms with Crippen LogP contribution in [0, 0.1) is 5.41 Å². The molecule has 6 N–H and O–H groups in total. The van der Waals surface area contributed by atoms with Crippen molar-refractivity contribution in [3.63, 3.8) is 0 Å². The summed E-state index contributed by atoms with van der Waals surface area (Å²) in [6.45, 7) is 1.16. The van der Waals surface area contributed by atoms with Gasteiger partial charge in [-0.05, 0) is 47.9 Å². The topological polar surface area (TPSA) is 106 Å². The number of ether oxygens (including phenoxy) is 2. The zero-order valence-electron chi connectivity index (χ0n) is 16.4. The van der Waals surface area contributed by atoms with Crippen LogP contribution in [0.4, 0.5) is 11.4 Å². The predicted octanol–water partition coefficient (Wildman–Crippen LogP) is 3.80. The summed E-state index contributed by atoms with van der Waals surface area (Å²) in [5, 5.41) is 10.8. The zero-order valence-corrected chi connectivity index (χ0v) is 16.4. The van der Waals surface area contributed by atoms with Gasteiger partial charge in [0.25, 0.3) is 0 Å². The third-order valence-electron chi connectivity index (χ3n) is 4.61. The number of benzene rings is 3. The summed E-state index contributed by atoms with van der Waals surface area (Å²) in [6, 6.07) is 21.3. The fourth-order valence-electron chi connectivity index (χ4n) is 3.01. The van der Waals surface area contributed by atoms with Crippen molar-refractivity contribution in [3.05, 3.63) is 83.4 Å². The Morgan fingerprint density at radius 2 is 1.72 bits per heavy atom. The zero-order chi connectivity index (χ0) is 20.6. The number of hydrogen-bond donors (Lipinski definition) is 4. The van der Waals surface area contributed by atoms with E-state index in [1.54, 1.807) is 7.11 Å². The molecule has 3 rings (SSSR count). The van der Waals surface area contributed by atoms with E-state index in [1.165, 1.54) is 0 Å². The number of nitrogens with one attached hydrogen (secondary N) is 2. The van der Waals surface area contributed by atoms with Crippen molar-refractivity contribution in [2.45, 2.75) is 13.0 Å². The number of nitrogens with two attached hydrogens (primary N) is 2. The molecule has 0 radical (unpaired) electrons. The van der Waals surface area contributed by atoms with Crippen molar-refractivity contribution < 1.29 is 9.47 Å². The highest BCUT2D eigenvalue weighted by molar-refractivity contribution is 5.95. The minimum Gasteiger partial charge on any atom is -0.491 e. The molecule has 0 saturated heterocycles. The maximum Gasteiger partial charge on any atom is 0.184 e. The van der Waals surface area contributed by atoms with Gasteiger partial charge in [0.05, 0.1) is 12.8 Å². The van der Waals surface area contributed by atoms with Crippen LogP contribution in [0.1, 0.15) is 16.7 Å². The Kier molecular flexibility index (Phi) is 6.58.